The summed E-state index contributed by atoms with van der Waals surface area (Å²) in [7, 11) is 0. The Bertz CT molecular complexity index is 568. The summed E-state index contributed by atoms with van der Waals surface area (Å²) in [5.41, 5.74) is 5.54. The van der Waals surface area contributed by atoms with Gasteiger partial charge in [0.25, 0.3) is 0 Å². The minimum atomic E-state index is -0.924. The second-order valence-corrected chi connectivity index (χ2v) is 7.30. The number of thioether (sulfide) groups is 1. The summed E-state index contributed by atoms with van der Waals surface area (Å²) in [6.45, 7) is 6.32. The van der Waals surface area contributed by atoms with Crippen LogP contribution in [0.1, 0.15) is 27.7 Å². The molecule has 2 N–H and O–H groups in total. The van der Waals surface area contributed by atoms with Crippen molar-refractivity contribution in [1.29, 1.82) is 0 Å². The second-order valence-electron chi connectivity index (χ2n) is 6.19. The highest BCUT2D eigenvalue weighted by molar-refractivity contribution is 8.00. The van der Waals surface area contributed by atoms with Crippen molar-refractivity contribution in [2.75, 3.05) is 12.4 Å². The minimum Gasteiger partial charge on any atom is -0.461 e. The average molecular weight is 344 g/mol. The normalized spacial score (nSPS) is 23.9. The molecule has 2 rings (SSSR count). The van der Waals surface area contributed by atoms with Gasteiger partial charge in [0.1, 0.15) is 23.6 Å². The van der Waals surface area contributed by atoms with E-state index in [2.05, 4.69) is 0 Å². The SMILES string of the molecule is CC(=O)OCC1=C(OC(=O)OC(C)(C)C)N2C(=O)C(N)[C@@H]2SC1. The van der Waals surface area contributed by atoms with Crippen molar-refractivity contribution in [3.8, 4) is 0 Å². The molecule has 1 saturated heterocycles. The third-order valence-electron chi connectivity index (χ3n) is 3.05. The van der Waals surface area contributed by atoms with Crippen molar-refractivity contribution in [2.24, 2.45) is 5.73 Å². The van der Waals surface area contributed by atoms with Gasteiger partial charge in [0, 0.05) is 18.2 Å². The van der Waals surface area contributed by atoms with Crippen LogP contribution in [0.25, 0.3) is 0 Å². The molecular formula is C14H20N2O6S. The van der Waals surface area contributed by atoms with Crippen LogP contribution in [0.15, 0.2) is 11.5 Å². The zero-order valence-corrected chi connectivity index (χ0v) is 14.3. The first kappa shape index (κ1) is 17.6. The average Bonchev–Trinajstić information content (AvgIpc) is 2.42. The predicted octanol–water partition coefficient (Wildman–Crippen LogP) is 0.955. The van der Waals surface area contributed by atoms with E-state index in [0.29, 0.717) is 11.3 Å². The van der Waals surface area contributed by atoms with Crippen LogP contribution in [-0.4, -0.2) is 52.3 Å². The molecule has 8 nitrogen and oxygen atoms in total. The number of fused-ring (bicyclic) bond motifs is 1. The van der Waals surface area contributed by atoms with Gasteiger partial charge < -0.3 is 19.9 Å². The molecule has 1 fully saturated rings. The molecule has 128 valence electrons. The Hall–Kier alpha value is -1.74. The molecule has 0 aromatic heterocycles. The van der Waals surface area contributed by atoms with E-state index >= 15 is 0 Å². The number of carbonyl (C=O) groups excluding carboxylic acids is 3. The van der Waals surface area contributed by atoms with Gasteiger partial charge in [-0.15, -0.1) is 11.8 Å². The summed E-state index contributed by atoms with van der Waals surface area (Å²) < 4.78 is 15.3. The molecule has 0 aromatic carbocycles. The molecule has 0 spiro atoms. The van der Waals surface area contributed by atoms with Gasteiger partial charge in [-0.1, -0.05) is 0 Å². The molecule has 2 aliphatic heterocycles. The highest BCUT2D eigenvalue weighted by atomic mass is 32.2. The van der Waals surface area contributed by atoms with Crippen molar-refractivity contribution in [3.63, 3.8) is 0 Å². The van der Waals surface area contributed by atoms with E-state index in [1.807, 2.05) is 0 Å². The number of rotatable bonds is 3. The van der Waals surface area contributed by atoms with Gasteiger partial charge in [-0.3, -0.25) is 14.5 Å². The van der Waals surface area contributed by atoms with Crippen LogP contribution in [0, 0.1) is 0 Å². The first-order valence-corrected chi connectivity index (χ1v) is 8.11. The monoisotopic (exact) mass is 344 g/mol. The fourth-order valence-corrected chi connectivity index (χ4v) is 3.31. The topological polar surface area (TPSA) is 108 Å². The zero-order valence-electron chi connectivity index (χ0n) is 13.5. The molecule has 0 aliphatic carbocycles. The van der Waals surface area contributed by atoms with Crippen molar-refractivity contribution >= 4 is 29.8 Å². The zero-order chi connectivity index (χ0) is 17.4. The number of hydrogen-bond acceptors (Lipinski definition) is 8. The Morgan fingerprint density at radius 3 is 2.61 bits per heavy atom. The molecule has 1 amide bonds. The number of ether oxygens (including phenoxy) is 3. The lowest BCUT2D eigenvalue weighted by molar-refractivity contribution is -0.145. The molecule has 1 unspecified atom stereocenters. The standard InChI is InChI=1S/C14H20N2O6S/c1-7(17)20-5-8-6-23-12-9(15)10(18)16(12)11(8)21-13(19)22-14(2,3)4/h9,12H,5-6,15H2,1-4H3/t9?,12-/m0/s1. The Labute approximate surface area is 138 Å². The number of nitrogens with two attached hydrogens (primary N) is 1. The quantitative estimate of drug-likeness (QED) is 0.595. The van der Waals surface area contributed by atoms with Gasteiger partial charge in [-0.05, 0) is 20.8 Å². The maximum Gasteiger partial charge on any atom is 0.515 e. The number of carbonyl (C=O) groups is 3. The molecule has 2 aliphatic rings. The molecular weight excluding hydrogens is 324 g/mol. The number of esters is 1. The Kier molecular flexibility index (Phi) is 4.90. The third-order valence-corrected chi connectivity index (χ3v) is 4.41. The summed E-state index contributed by atoms with van der Waals surface area (Å²) in [6.07, 6.45) is -0.924. The maximum absolute atomic E-state index is 12.0. The van der Waals surface area contributed by atoms with E-state index in [4.69, 9.17) is 19.9 Å². The van der Waals surface area contributed by atoms with Crippen LogP contribution in [0.3, 0.4) is 0 Å². The van der Waals surface area contributed by atoms with Crippen LogP contribution in [0.4, 0.5) is 4.79 Å². The number of hydrogen-bond donors (Lipinski definition) is 1. The lowest BCUT2D eigenvalue weighted by atomic mass is 10.1. The highest BCUT2D eigenvalue weighted by Crippen LogP contribution is 2.40. The summed E-state index contributed by atoms with van der Waals surface area (Å²) in [6, 6.07) is -0.632. The van der Waals surface area contributed by atoms with Gasteiger partial charge in [-0.2, -0.15) is 0 Å². The fourth-order valence-electron chi connectivity index (χ4n) is 2.06. The fraction of sp³-hybridized carbons (Fsp3) is 0.643. The van der Waals surface area contributed by atoms with Gasteiger partial charge in [0.2, 0.25) is 11.8 Å². The van der Waals surface area contributed by atoms with Crippen molar-refractivity contribution in [2.45, 2.75) is 44.7 Å². The Morgan fingerprint density at radius 2 is 2.04 bits per heavy atom. The highest BCUT2D eigenvalue weighted by Gasteiger charge is 2.51. The Morgan fingerprint density at radius 1 is 1.39 bits per heavy atom. The largest absolute Gasteiger partial charge is 0.515 e. The number of amides is 1. The first-order valence-electron chi connectivity index (χ1n) is 7.06. The molecule has 2 atom stereocenters. The predicted molar refractivity (Wildman–Crippen MR) is 82.0 cm³/mol. The van der Waals surface area contributed by atoms with Gasteiger partial charge >= 0.3 is 12.1 Å². The first-order chi connectivity index (χ1) is 10.6. The van der Waals surface area contributed by atoms with Crippen LogP contribution in [-0.2, 0) is 23.8 Å². The molecule has 0 radical (unpaired) electrons. The molecule has 0 saturated carbocycles. The van der Waals surface area contributed by atoms with E-state index in [9.17, 15) is 14.4 Å². The molecule has 23 heavy (non-hydrogen) atoms. The van der Waals surface area contributed by atoms with Gasteiger partial charge in [0.15, 0.2) is 0 Å². The third kappa shape index (κ3) is 3.97. The Balaban J connectivity index is 2.20. The van der Waals surface area contributed by atoms with Crippen molar-refractivity contribution < 1.29 is 28.6 Å². The van der Waals surface area contributed by atoms with Crippen molar-refractivity contribution in [3.05, 3.63) is 11.5 Å². The summed E-state index contributed by atoms with van der Waals surface area (Å²) in [4.78, 5) is 36.2. The number of nitrogens with zero attached hydrogens (tertiary/aromatic N) is 1. The van der Waals surface area contributed by atoms with Crippen LogP contribution >= 0.6 is 11.8 Å². The summed E-state index contributed by atoms with van der Waals surface area (Å²) in [5, 5.41) is -0.291. The van der Waals surface area contributed by atoms with Crippen LogP contribution < -0.4 is 5.73 Å². The lowest BCUT2D eigenvalue weighted by Crippen LogP contribution is -2.68. The summed E-state index contributed by atoms with van der Waals surface area (Å²) >= 11 is 1.43. The molecule has 0 aromatic rings. The molecule has 9 heteroatoms. The van der Waals surface area contributed by atoms with Crippen molar-refractivity contribution in [1.82, 2.24) is 4.90 Å². The minimum absolute atomic E-state index is 0.0518. The van der Waals surface area contributed by atoms with E-state index in [0.717, 1.165) is 0 Å². The summed E-state index contributed by atoms with van der Waals surface area (Å²) in [5.74, 6) is -0.321. The van der Waals surface area contributed by atoms with E-state index in [1.54, 1.807) is 20.8 Å². The maximum atomic E-state index is 12.0. The molecule has 2 heterocycles. The van der Waals surface area contributed by atoms with E-state index in [-0.39, 0.29) is 23.8 Å². The number of β-lactam (4-membered cyclic amide) rings is 1. The lowest BCUT2D eigenvalue weighted by Gasteiger charge is -2.47. The molecule has 0 bridgehead atoms. The van der Waals surface area contributed by atoms with E-state index in [1.165, 1.54) is 23.6 Å². The van der Waals surface area contributed by atoms with Gasteiger partial charge in [-0.25, -0.2) is 4.79 Å². The second kappa shape index (κ2) is 6.40. The van der Waals surface area contributed by atoms with Crippen LogP contribution in [0.5, 0.6) is 0 Å². The van der Waals surface area contributed by atoms with Gasteiger partial charge in [0.05, 0.1) is 0 Å². The van der Waals surface area contributed by atoms with Crippen LogP contribution in [0.2, 0.25) is 0 Å². The van der Waals surface area contributed by atoms with E-state index < -0.39 is 23.8 Å². The smallest absolute Gasteiger partial charge is 0.461 e.